The second-order valence-electron chi connectivity index (χ2n) is 4.14. The van der Waals surface area contributed by atoms with Gasteiger partial charge in [0, 0.05) is 12.2 Å². The monoisotopic (exact) mass is 222 g/mol. The van der Waals surface area contributed by atoms with Gasteiger partial charge in [0.15, 0.2) is 0 Å². The Labute approximate surface area is 95.5 Å². The van der Waals surface area contributed by atoms with Crippen molar-refractivity contribution >= 4 is 11.7 Å². The maximum atomic E-state index is 11.0. The lowest BCUT2D eigenvalue weighted by molar-refractivity contribution is -0.140. The predicted molar refractivity (Wildman–Crippen MR) is 64.0 cm³/mol. The highest BCUT2D eigenvalue weighted by Crippen LogP contribution is 2.11. The van der Waals surface area contributed by atoms with E-state index in [1.807, 2.05) is 38.1 Å². The second kappa shape index (κ2) is 5.51. The van der Waals surface area contributed by atoms with E-state index >= 15 is 0 Å². The van der Waals surface area contributed by atoms with Gasteiger partial charge in [-0.2, -0.15) is 0 Å². The number of para-hydroxylation sites is 1. The van der Waals surface area contributed by atoms with Gasteiger partial charge in [0.1, 0.15) is 6.04 Å². The molecule has 0 bridgehead atoms. The molecule has 16 heavy (non-hydrogen) atoms. The fourth-order valence-electron chi connectivity index (χ4n) is 1.52. The van der Waals surface area contributed by atoms with Crippen LogP contribution < -0.4 is 11.1 Å². The predicted octanol–water partition coefficient (Wildman–Crippen LogP) is 1.47. The number of nitrogen functional groups attached to an aromatic ring is 1. The molecular weight excluding hydrogens is 204 g/mol. The van der Waals surface area contributed by atoms with Gasteiger partial charge in [-0.15, -0.1) is 0 Å². The third-order valence-corrected chi connectivity index (χ3v) is 2.50. The molecule has 0 aromatic heterocycles. The standard InChI is InChI=1S/C12H18N2O2/c1-8(2)11(12(15)16)14-7-9-5-3-4-6-10(9)13/h3-6,8,11,14H,7,13H2,1-2H3,(H,15,16). The Morgan fingerprint density at radius 2 is 2.06 bits per heavy atom. The number of hydrogen-bond acceptors (Lipinski definition) is 3. The van der Waals surface area contributed by atoms with Crippen molar-refractivity contribution in [3.8, 4) is 0 Å². The molecule has 0 fully saturated rings. The molecule has 1 atom stereocenters. The topological polar surface area (TPSA) is 75.3 Å². The van der Waals surface area contributed by atoms with E-state index in [-0.39, 0.29) is 5.92 Å². The van der Waals surface area contributed by atoms with Crippen LogP contribution in [0.1, 0.15) is 19.4 Å². The lowest BCUT2D eigenvalue weighted by Crippen LogP contribution is -2.40. The van der Waals surface area contributed by atoms with Gasteiger partial charge in [-0.3, -0.25) is 4.79 Å². The highest BCUT2D eigenvalue weighted by molar-refractivity contribution is 5.73. The van der Waals surface area contributed by atoms with Crippen LogP contribution in [0.4, 0.5) is 5.69 Å². The van der Waals surface area contributed by atoms with Crippen LogP contribution in [0.2, 0.25) is 0 Å². The first-order valence-corrected chi connectivity index (χ1v) is 5.32. The number of carboxylic acid groups (broad SMARTS) is 1. The molecule has 88 valence electrons. The van der Waals surface area contributed by atoms with E-state index in [4.69, 9.17) is 10.8 Å². The molecule has 0 spiro atoms. The summed E-state index contributed by atoms with van der Waals surface area (Å²) in [6.45, 7) is 4.22. The summed E-state index contributed by atoms with van der Waals surface area (Å²) >= 11 is 0. The Balaban J connectivity index is 2.63. The zero-order valence-corrected chi connectivity index (χ0v) is 9.60. The van der Waals surface area contributed by atoms with E-state index in [1.165, 1.54) is 0 Å². The average molecular weight is 222 g/mol. The van der Waals surface area contributed by atoms with Crippen molar-refractivity contribution in [3.63, 3.8) is 0 Å². The molecule has 0 aliphatic carbocycles. The zero-order chi connectivity index (χ0) is 12.1. The second-order valence-corrected chi connectivity index (χ2v) is 4.14. The zero-order valence-electron chi connectivity index (χ0n) is 9.60. The van der Waals surface area contributed by atoms with E-state index in [0.717, 1.165) is 5.56 Å². The molecule has 0 saturated heterocycles. The van der Waals surface area contributed by atoms with Gasteiger partial charge < -0.3 is 16.2 Å². The minimum absolute atomic E-state index is 0.0439. The van der Waals surface area contributed by atoms with Gasteiger partial charge >= 0.3 is 5.97 Å². The largest absolute Gasteiger partial charge is 0.480 e. The van der Waals surface area contributed by atoms with Gasteiger partial charge in [0.2, 0.25) is 0 Å². The molecule has 0 radical (unpaired) electrons. The first-order valence-electron chi connectivity index (χ1n) is 5.32. The summed E-state index contributed by atoms with van der Waals surface area (Å²) in [5.74, 6) is -0.785. The molecule has 4 heteroatoms. The summed E-state index contributed by atoms with van der Waals surface area (Å²) in [5, 5.41) is 12.0. The molecule has 0 aliphatic heterocycles. The normalized spacial score (nSPS) is 12.7. The molecule has 1 aromatic rings. The number of anilines is 1. The molecule has 0 aliphatic rings. The van der Waals surface area contributed by atoms with Crippen LogP contribution in [-0.4, -0.2) is 17.1 Å². The Morgan fingerprint density at radius 1 is 1.44 bits per heavy atom. The van der Waals surface area contributed by atoms with Crippen LogP contribution in [0.5, 0.6) is 0 Å². The van der Waals surface area contributed by atoms with Crippen molar-refractivity contribution in [2.24, 2.45) is 5.92 Å². The first kappa shape index (κ1) is 12.5. The fraction of sp³-hybridized carbons (Fsp3) is 0.417. The van der Waals surface area contributed by atoms with E-state index in [2.05, 4.69) is 5.32 Å². The lowest BCUT2D eigenvalue weighted by Gasteiger charge is -2.18. The maximum Gasteiger partial charge on any atom is 0.320 e. The van der Waals surface area contributed by atoms with Crippen LogP contribution in [-0.2, 0) is 11.3 Å². The number of carbonyl (C=O) groups is 1. The van der Waals surface area contributed by atoms with Crippen LogP contribution in [0.25, 0.3) is 0 Å². The SMILES string of the molecule is CC(C)C(NCc1ccccc1N)C(=O)O. The Hall–Kier alpha value is -1.55. The minimum Gasteiger partial charge on any atom is -0.480 e. The molecule has 0 amide bonds. The van der Waals surface area contributed by atoms with Crippen LogP contribution in [0.3, 0.4) is 0 Å². The summed E-state index contributed by atoms with van der Waals surface area (Å²) < 4.78 is 0. The molecule has 1 unspecified atom stereocenters. The van der Waals surface area contributed by atoms with Crippen molar-refractivity contribution < 1.29 is 9.90 Å². The molecule has 0 saturated carbocycles. The van der Waals surface area contributed by atoms with Crippen molar-refractivity contribution in [2.75, 3.05) is 5.73 Å². The van der Waals surface area contributed by atoms with Crippen LogP contribution in [0, 0.1) is 5.92 Å². The highest BCUT2D eigenvalue weighted by atomic mass is 16.4. The molecule has 4 N–H and O–H groups in total. The van der Waals surface area contributed by atoms with Crippen LogP contribution >= 0.6 is 0 Å². The number of nitrogens with one attached hydrogen (secondary N) is 1. The molecule has 4 nitrogen and oxygen atoms in total. The third kappa shape index (κ3) is 3.24. The van der Waals surface area contributed by atoms with Crippen molar-refractivity contribution in [2.45, 2.75) is 26.4 Å². The Morgan fingerprint density at radius 3 is 2.56 bits per heavy atom. The highest BCUT2D eigenvalue weighted by Gasteiger charge is 2.20. The third-order valence-electron chi connectivity index (χ3n) is 2.50. The van der Waals surface area contributed by atoms with E-state index < -0.39 is 12.0 Å². The number of aliphatic carboxylic acids is 1. The average Bonchev–Trinajstić information content (AvgIpc) is 2.20. The smallest absolute Gasteiger partial charge is 0.320 e. The van der Waals surface area contributed by atoms with Gasteiger partial charge in [-0.25, -0.2) is 0 Å². The van der Waals surface area contributed by atoms with Crippen LogP contribution in [0.15, 0.2) is 24.3 Å². The molecule has 1 aromatic carbocycles. The van der Waals surface area contributed by atoms with Gasteiger partial charge in [0.25, 0.3) is 0 Å². The fourth-order valence-corrected chi connectivity index (χ4v) is 1.52. The van der Waals surface area contributed by atoms with Gasteiger partial charge in [-0.05, 0) is 17.5 Å². The van der Waals surface area contributed by atoms with E-state index in [1.54, 1.807) is 0 Å². The van der Waals surface area contributed by atoms with E-state index in [9.17, 15) is 4.79 Å². The maximum absolute atomic E-state index is 11.0. The summed E-state index contributed by atoms with van der Waals surface area (Å²) in [4.78, 5) is 11.0. The number of hydrogen-bond donors (Lipinski definition) is 3. The van der Waals surface area contributed by atoms with E-state index in [0.29, 0.717) is 12.2 Å². The molecule has 0 heterocycles. The number of nitrogens with two attached hydrogens (primary N) is 1. The quantitative estimate of drug-likeness (QED) is 0.659. The number of rotatable bonds is 5. The lowest BCUT2D eigenvalue weighted by atomic mass is 10.0. The number of carboxylic acids is 1. The summed E-state index contributed by atoms with van der Waals surface area (Å²) in [6.07, 6.45) is 0. The summed E-state index contributed by atoms with van der Waals surface area (Å²) in [6, 6.07) is 6.90. The first-order chi connectivity index (χ1) is 7.52. The van der Waals surface area contributed by atoms with Gasteiger partial charge in [0.05, 0.1) is 0 Å². The van der Waals surface area contributed by atoms with Crippen molar-refractivity contribution in [1.82, 2.24) is 5.32 Å². The summed E-state index contributed by atoms with van der Waals surface area (Å²) in [5.41, 5.74) is 7.38. The molecular formula is C12H18N2O2. The van der Waals surface area contributed by atoms with Crippen molar-refractivity contribution in [1.29, 1.82) is 0 Å². The Bertz CT molecular complexity index is 364. The Kier molecular flexibility index (Phi) is 4.31. The number of benzene rings is 1. The van der Waals surface area contributed by atoms with Crippen molar-refractivity contribution in [3.05, 3.63) is 29.8 Å². The van der Waals surface area contributed by atoms with Gasteiger partial charge in [-0.1, -0.05) is 32.0 Å². The minimum atomic E-state index is -0.829. The molecule has 1 rings (SSSR count). The summed E-state index contributed by atoms with van der Waals surface area (Å²) in [7, 11) is 0.